The zero-order valence-electron chi connectivity index (χ0n) is 12.0. The zero-order valence-corrected chi connectivity index (χ0v) is 13.6. The van der Waals surface area contributed by atoms with Crippen molar-refractivity contribution >= 4 is 27.3 Å². The lowest BCUT2D eigenvalue weighted by molar-refractivity contribution is 0.415. The highest BCUT2D eigenvalue weighted by atomic mass is 79.9. The normalized spacial score (nSPS) is 10.4. The number of nitrogens with one attached hydrogen (secondary N) is 1. The molecule has 0 aliphatic heterocycles. The van der Waals surface area contributed by atoms with Crippen LogP contribution in [0.15, 0.2) is 46.9 Å². The van der Waals surface area contributed by atoms with Gasteiger partial charge < -0.3 is 15.0 Å². The number of ether oxygens (including phenoxy) is 1. The van der Waals surface area contributed by atoms with Crippen LogP contribution in [-0.2, 0) is 6.54 Å². The maximum Gasteiger partial charge on any atom is 0.119 e. The van der Waals surface area contributed by atoms with Crippen LogP contribution in [0.1, 0.15) is 5.56 Å². The van der Waals surface area contributed by atoms with Gasteiger partial charge in [0.1, 0.15) is 5.75 Å². The van der Waals surface area contributed by atoms with Gasteiger partial charge in [0.25, 0.3) is 0 Å². The Morgan fingerprint density at radius 2 is 1.75 bits per heavy atom. The van der Waals surface area contributed by atoms with Crippen LogP contribution in [0, 0.1) is 0 Å². The van der Waals surface area contributed by atoms with Crippen molar-refractivity contribution in [1.82, 2.24) is 5.32 Å². The van der Waals surface area contributed by atoms with E-state index in [0.717, 1.165) is 28.1 Å². The smallest absolute Gasteiger partial charge is 0.119 e. The van der Waals surface area contributed by atoms with E-state index in [2.05, 4.69) is 51.4 Å². The molecule has 0 saturated heterocycles. The van der Waals surface area contributed by atoms with Crippen molar-refractivity contribution in [1.29, 1.82) is 0 Å². The standard InChI is InChI=1S/C16H19BrN2O/c1-18-11-12-4-5-14(10-16(12)17)19(2)13-6-8-15(20-3)9-7-13/h4-10,18H,11H2,1-3H3. The molecular weight excluding hydrogens is 316 g/mol. The van der Waals surface area contributed by atoms with Crippen LogP contribution in [-0.4, -0.2) is 21.2 Å². The molecule has 2 rings (SSSR count). The van der Waals surface area contributed by atoms with Gasteiger partial charge in [-0.25, -0.2) is 0 Å². The first-order valence-electron chi connectivity index (χ1n) is 6.46. The fourth-order valence-electron chi connectivity index (χ4n) is 2.03. The van der Waals surface area contributed by atoms with Gasteiger partial charge in [-0.1, -0.05) is 22.0 Å². The second-order valence-electron chi connectivity index (χ2n) is 4.56. The first-order chi connectivity index (χ1) is 9.65. The molecule has 0 aromatic heterocycles. The van der Waals surface area contributed by atoms with Crippen molar-refractivity contribution in [2.45, 2.75) is 6.54 Å². The molecule has 2 aromatic rings. The molecule has 2 aromatic carbocycles. The molecule has 0 heterocycles. The minimum Gasteiger partial charge on any atom is -0.497 e. The first-order valence-corrected chi connectivity index (χ1v) is 7.26. The van der Waals surface area contributed by atoms with Crippen LogP contribution in [0.3, 0.4) is 0 Å². The predicted molar refractivity (Wildman–Crippen MR) is 88.0 cm³/mol. The number of anilines is 2. The van der Waals surface area contributed by atoms with E-state index >= 15 is 0 Å². The van der Waals surface area contributed by atoms with E-state index in [1.807, 2.05) is 31.3 Å². The average molecular weight is 335 g/mol. The van der Waals surface area contributed by atoms with Gasteiger partial charge in [-0.3, -0.25) is 0 Å². The Balaban J connectivity index is 2.23. The van der Waals surface area contributed by atoms with Crippen LogP contribution in [0.25, 0.3) is 0 Å². The highest BCUT2D eigenvalue weighted by Crippen LogP contribution is 2.29. The minimum absolute atomic E-state index is 0.854. The van der Waals surface area contributed by atoms with Gasteiger partial charge in [0.2, 0.25) is 0 Å². The highest BCUT2D eigenvalue weighted by Gasteiger charge is 2.07. The second kappa shape index (κ2) is 6.77. The predicted octanol–water partition coefficient (Wildman–Crippen LogP) is 3.95. The van der Waals surface area contributed by atoms with Gasteiger partial charge in [0.15, 0.2) is 0 Å². The van der Waals surface area contributed by atoms with Crippen molar-refractivity contribution in [2.75, 3.05) is 26.1 Å². The molecular formula is C16H19BrN2O. The second-order valence-corrected chi connectivity index (χ2v) is 5.42. The van der Waals surface area contributed by atoms with Crippen molar-refractivity contribution < 1.29 is 4.74 Å². The van der Waals surface area contributed by atoms with Gasteiger partial charge >= 0.3 is 0 Å². The molecule has 0 aliphatic rings. The molecule has 4 heteroatoms. The Bertz CT molecular complexity index is 569. The summed E-state index contributed by atoms with van der Waals surface area (Å²) in [5, 5.41) is 3.16. The van der Waals surface area contributed by atoms with E-state index in [0.29, 0.717) is 0 Å². The Morgan fingerprint density at radius 3 is 2.30 bits per heavy atom. The van der Waals surface area contributed by atoms with E-state index in [1.165, 1.54) is 5.56 Å². The molecule has 0 saturated carbocycles. The highest BCUT2D eigenvalue weighted by molar-refractivity contribution is 9.10. The Hall–Kier alpha value is -1.52. The van der Waals surface area contributed by atoms with E-state index in [4.69, 9.17) is 4.74 Å². The summed E-state index contributed by atoms with van der Waals surface area (Å²) in [6.07, 6.45) is 0. The summed E-state index contributed by atoms with van der Waals surface area (Å²) < 4.78 is 6.30. The summed E-state index contributed by atoms with van der Waals surface area (Å²) in [5.74, 6) is 0.868. The molecule has 0 fully saturated rings. The lowest BCUT2D eigenvalue weighted by Crippen LogP contribution is -2.10. The number of hydrogen-bond donors (Lipinski definition) is 1. The third kappa shape index (κ3) is 3.32. The van der Waals surface area contributed by atoms with E-state index in [-0.39, 0.29) is 0 Å². The van der Waals surface area contributed by atoms with Gasteiger partial charge in [-0.05, 0) is 49.0 Å². The minimum atomic E-state index is 0.854. The summed E-state index contributed by atoms with van der Waals surface area (Å²) in [5.41, 5.74) is 3.51. The van der Waals surface area contributed by atoms with Crippen LogP contribution in [0.5, 0.6) is 5.75 Å². The SMILES string of the molecule is CNCc1ccc(N(C)c2ccc(OC)cc2)cc1Br. The third-order valence-electron chi connectivity index (χ3n) is 3.25. The molecule has 0 unspecified atom stereocenters. The van der Waals surface area contributed by atoms with Gasteiger partial charge in [-0.15, -0.1) is 0 Å². The number of nitrogens with zero attached hydrogens (tertiary/aromatic N) is 1. The molecule has 1 N–H and O–H groups in total. The number of halogens is 1. The van der Waals surface area contributed by atoms with Crippen molar-refractivity contribution in [3.05, 3.63) is 52.5 Å². The molecule has 106 valence electrons. The van der Waals surface area contributed by atoms with E-state index in [1.54, 1.807) is 7.11 Å². The molecule has 0 aliphatic carbocycles. The number of hydrogen-bond acceptors (Lipinski definition) is 3. The molecule has 3 nitrogen and oxygen atoms in total. The lowest BCUT2D eigenvalue weighted by atomic mass is 10.2. The fraction of sp³-hybridized carbons (Fsp3) is 0.250. The molecule has 0 amide bonds. The maximum absolute atomic E-state index is 5.18. The van der Waals surface area contributed by atoms with Crippen molar-refractivity contribution in [2.24, 2.45) is 0 Å². The summed E-state index contributed by atoms with van der Waals surface area (Å²) in [6, 6.07) is 14.4. The Morgan fingerprint density at radius 1 is 1.10 bits per heavy atom. The van der Waals surface area contributed by atoms with Crippen molar-refractivity contribution in [3.63, 3.8) is 0 Å². The number of benzene rings is 2. The lowest BCUT2D eigenvalue weighted by Gasteiger charge is -2.21. The third-order valence-corrected chi connectivity index (χ3v) is 3.99. The van der Waals surface area contributed by atoms with Gasteiger partial charge in [0.05, 0.1) is 7.11 Å². The van der Waals surface area contributed by atoms with Gasteiger partial charge in [-0.2, -0.15) is 0 Å². The number of rotatable bonds is 5. The largest absolute Gasteiger partial charge is 0.497 e. The quantitative estimate of drug-likeness (QED) is 0.896. The molecule has 0 bridgehead atoms. The molecule has 0 atom stereocenters. The number of methoxy groups -OCH3 is 1. The zero-order chi connectivity index (χ0) is 14.5. The summed E-state index contributed by atoms with van der Waals surface area (Å²) in [4.78, 5) is 2.15. The summed E-state index contributed by atoms with van der Waals surface area (Å²) in [6.45, 7) is 0.854. The first kappa shape index (κ1) is 14.9. The summed E-state index contributed by atoms with van der Waals surface area (Å²) >= 11 is 3.63. The van der Waals surface area contributed by atoms with Crippen molar-refractivity contribution in [3.8, 4) is 5.75 Å². The van der Waals surface area contributed by atoms with Crippen LogP contribution in [0.2, 0.25) is 0 Å². The monoisotopic (exact) mass is 334 g/mol. The van der Waals surface area contributed by atoms with Crippen LogP contribution in [0.4, 0.5) is 11.4 Å². The molecule has 0 radical (unpaired) electrons. The Labute approximate surface area is 128 Å². The van der Waals surface area contributed by atoms with Crippen LogP contribution < -0.4 is 15.0 Å². The summed E-state index contributed by atoms with van der Waals surface area (Å²) in [7, 11) is 5.68. The van der Waals surface area contributed by atoms with Crippen LogP contribution >= 0.6 is 15.9 Å². The average Bonchev–Trinajstić information content (AvgIpc) is 2.49. The van der Waals surface area contributed by atoms with E-state index in [9.17, 15) is 0 Å². The Kier molecular flexibility index (Phi) is 5.04. The van der Waals surface area contributed by atoms with Gasteiger partial charge in [0, 0.05) is 29.4 Å². The molecule has 20 heavy (non-hydrogen) atoms. The fourth-order valence-corrected chi connectivity index (χ4v) is 2.54. The van der Waals surface area contributed by atoms with E-state index < -0.39 is 0 Å². The molecule has 0 spiro atoms. The topological polar surface area (TPSA) is 24.5 Å². The maximum atomic E-state index is 5.18.